The molecule has 0 aliphatic carbocycles. The molecule has 2 atom stereocenters. The molecule has 2 aliphatic heterocycles. The van der Waals surface area contributed by atoms with Crippen molar-refractivity contribution in [3.8, 4) is 0 Å². The number of alkyl halides is 1. The Bertz CT molecular complexity index is 473. The maximum atomic E-state index is 13.4. The van der Waals surface area contributed by atoms with E-state index in [1.807, 2.05) is 4.90 Å². The summed E-state index contributed by atoms with van der Waals surface area (Å²) in [6, 6.07) is 1.61. The van der Waals surface area contributed by atoms with Gasteiger partial charge in [-0.25, -0.2) is 4.39 Å². The van der Waals surface area contributed by atoms with Gasteiger partial charge in [0.25, 0.3) is 0 Å². The lowest BCUT2D eigenvalue weighted by atomic mass is 10.3. The van der Waals surface area contributed by atoms with Gasteiger partial charge in [0, 0.05) is 25.7 Å². The quantitative estimate of drug-likeness (QED) is 0.750. The van der Waals surface area contributed by atoms with Crippen molar-refractivity contribution in [2.45, 2.75) is 12.3 Å². The van der Waals surface area contributed by atoms with Crippen LogP contribution in [0.15, 0.2) is 6.07 Å². The summed E-state index contributed by atoms with van der Waals surface area (Å²) in [6.07, 6.45) is -2.23. The fourth-order valence-electron chi connectivity index (χ4n) is 2.44. The molecule has 2 fully saturated rings. The number of anilines is 3. The number of hydrogen-bond donors (Lipinski definition) is 2. The molecule has 0 amide bonds. The van der Waals surface area contributed by atoms with Gasteiger partial charge in [-0.3, -0.25) is 0 Å². The van der Waals surface area contributed by atoms with Crippen molar-refractivity contribution >= 4 is 17.6 Å². The fraction of sp³-hybridized carbons (Fsp3) is 0.667. The maximum absolute atomic E-state index is 13.4. The minimum atomic E-state index is -1.25. The van der Waals surface area contributed by atoms with Crippen molar-refractivity contribution in [2.24, 2.45) is 0 Å². The van der Waals surface area contributed by atoms with E-state index >= 15 is 0 Å². The predicted octanol–water partition coefficient (Wildman–Crippen LogP) is -0.586. The van der Waals surface area contributed by atoms with E-state index in [1.165, 1.54) is 0 Å². The topological polar surface area (TPSA) is 87.7 Å². The Morgan fingerprint density at radius 2 is 2.00 bits per heavy atom. The number of rotatable bonds is 2. The summed E-state index contributed by atoms with van der Waals surface area (Å²) >= 11 is 0. The number of aliphatic hydroxyl groups is 1. The number of morpholine rings is 1. The molecular weight excluding hydrogens is 265 g/mol. The van der Waals surface area contributed by atoms with E-state index in [2.05, 4.69) is 9.97 Å². The summed E-state index contributed by atoms with van der Waals surface area (Å²) in [5, 5.41) is 9.50. The van der Waals surface area contributed by atoms with Gasteiger partial charge in [-0.15, -0.1) is 0 Å². The molecule has 8 heteroatoms. The highest BCUT2D eigenvalue weighted by atomic mass is 19.1. The van der Waals surface area contributed by atoms with Crippen molar-refractivity contribution in [2.75, 3.05) is 54.9 Å². The molecular formula is C12H18FN5O2. The summed E-state index contributed by atoms with van der Waals surface area (Å²) in [5.41, 5.74) is 5.81. The Hall–Kier alpha value is -1.67. The highest BCUT2D eigenvalue weighted by Crippen LogP contribution is 2.24. The normalized spacial score (nSPS) is 27.1. The van der Waals surface area contributed by atoms with Gasteiger partial charge in [0.1, 0.15) is 23.9 Å². The smallest absolute Gasteiger partial charge is 0.229 e. The predicted molar refractivity (Wildman–Crippen MR) is 72.6 cm³/mol. The zero-order chi connectivity index (χ0) is 14.1. The highest BCUT2D eigenvalue weighted by Gasteiger charge is 2.32. The van der Waals surface area contributed by atoms with Crippen LogP contribution in [-0.2, 0) is 4.74 Å². The van der Waals surface area contributed by atoms with Crippen LogP contribution >= 0.6 is 0 Å². The first kappa shape index (κ1) is 13.3. The summed E-state index contributed by atoms with van der Waals surface area (Å²) in [7, 11) is 0. The fourth-order valence-corrected chi connectivity index (χ4v) is 2.44. The molecule has 3 N–H and O–H groups in total. The summed E-state index contributed by atoms with van der Waals surface area (Å²) in [5.74, 6) is 1.42. The van der Waals surface area contributed by atoms with Crippen molar-refractivity contribution in [3.63, 3.8) is 0 Å². The molecule has 0 radical (unpaired) electrons. The number of β-amino-alcohol motifs (C(OH)–C–C–N with tert-alkyl or cyclic N) is 1. The zero-order valence-electron chi connectivity index (χ0n) is 11.1. The monoisotopic (exact) mass is 283 g/mol. The number of aliphatic hydroxyl groups excluding tert-OH is 1. The minimum absolute atomic E-state index is 0.125. The molecule has 20 heavy (non-hydrogen) atoms. The Labute approximate surface area is 116 Å². The number of nitrogens with two attached hydrogens (primary N) is 1. The first-order valence-electron chi connectivity index (χ1n) is 6.68. The Morgan fingerprint density at radius 1 is 1.25 bits per heavy atom. The van der Waals surface area contributed by atoms with E-state index in [0.717, 1.165) is 0 Å². The average Bonchev–Trinajstić information content (AvgIpc) is 2.79. The van der Waals surface area contributed by atoms with Gasteiger partial charge in [-0.05, 0) is 0 Å². The second-order valence-electron chi connectivity index (χ2n) is 5.04. The third-order valence-electron chi connectivity index (χ3n) is 3.56. The van der Waals surface area contributed by atoms with Crippen LogP contribution in [0.3, 0.4) is 0 Å². The van der Waals surface area contributed by atoms with E-state index in [0.29, 0.717) is 43.9 Å². The van der Waals surface area contributed by atoms with E-state index in [-0.39, 0.29) is 13.1 Å². The van der Waals surface area contributed by atoms with Crippen LogP contribution in [0, 0.1) is 0 Å². The number of aromatic nitrogens is 2. The molecule has 7 nitrogen and oxygen atoms in total. The number of ether oxygens (including phenoxy) is 1. The van der Waals surface area contributed by atoms with E-state index in [4.69, 9.17) is 10.5 Å². The van der Waals surface area contributed by atoms with Crippen LogP contribution in [-0.4, -0.2) is 66.7 Å². The lowest BCUT2D eigenvalue weighted by Crippen LogP contribution is -2.37. The van der Waals surface area contributed by atoms with Crippen molar-refractivity contribution < 1.29 is 14.2 Å². The van der Waals surface area contributed by atoms with E-state index in [1.54, 1.807) is 11.0 Å². The van der Waals surface area contributed by atoms with Gasteiger partial charge in [0.05, 0.1) is 19.8 Å². The second-order valence-corrected chi connectivity index (χ2v) is 5.04. The third kappa shape index (κ3) is 2.61. The molecule has 0 saturated carbocycles. The Kier molecular flexibility index (Phi) is 3.58. The summed E-state index contributed by atoms with van der Waals surface area (Å²) < 4.78 is 18.7. The van der Waals surface area contributed by atoms with Crippen LogP contribution in [0.1, 0.15) is 0 Å². The molecule has 0 bridgehead atoms. The van der Waals surface area contributed by atoms with Gasteiger partial charge in [-0.2, -0.15) is 9.97 Å². The molecule has 2 saturated heterocycles. The van der Waals surface area contributed by atoms with Crippen molar-refractivity contribution in [1.82, 2.24) is 9.97 Å². The molecule has 1 aromatic heterocycles. The van der Waals surface area contributed by atoms with E-state index in [9.17, 15) is 9.50 Å². The standard InChI is InChI=1S/C12H18FN5O2/c13-8-6-18(7-9(8)19)11-5-10(14)15-12(16-11)17-1-3-20-4-2-17/h5,8-9,19H,1-4,6-7H2,(H2,14,15,16)/t8-,9-/m1/s1. The number of hydrogen-bond acceptors (Lipinski definition) is 7. The van der Waals surface area contributed by atoms with Crippen LogP contribution in [0.4, 0.5) is 22.0 Å². The van der Waals surface area contributed by atoms with Crippen LogP contribution in [0.5, 0.6) is 0 Å². The van der Waals surface area contributed by atoms with Crippen LogP contribution in [0.2, 0.25) is 0 Å². The highest BCUT2D eigenvalue weighted by molar-refractivity contribution is 5.53. The molecule has 0 aromatic carbocycles. The van der Waals surface area contributed by atoms with E-state index < -0.39 is 12.3 Å². The molecule has 0 spiro atoms. The van der Waals surface area contributed by atoms with Gasteiger partial charge in [0.15, 0.2) is 0 Å². The van der Waals surface area contributed by atoms with Crippen LogP contribution in [0.25, 0.3) is 0 Å². The molecule has 3 rings (SSSR count). The van der Waals surface area contributed by atoms with Gasteiger partial charge >= 0.3 is 0 Å². The largest absolute Gasteiger partial charge is 0.388 e. The first-order chi connectivity index (χ1) is 9.63. The summed E-state index contributed by atoms with van der Waals surface area (Å²) in [6.45, 7) is 3.01. The summed E-state index contributed by atoms with van der Waals surface area (Å²) in [4.78, 5) is 12.3. The second kappa shape index (κ2) is 5.37. The third-order valence-corrected chi connectivity index (χ3v) is 3.56. The number of halogens is 1. The number of nitrogens with zero attached hydrogens (tertiary/aromatic N) is 4. The van der Waals surface area contributed by atoms with Crippen LogP contribution < -0.4 is 15.5 Å². The van der Waals surface area contributed by atoms with Gasteiger partial charge in [-0.1, -0.05) is 0 Å². The molecule has 1 aromatic rings. The molecule has 110 valence electrons. The van der Waals surface area contributed by atoms with Gasteiger partial charge < -0.3 is 25.4 Å². The number of nitrogen functional groups attached to an aromatic ring is 1. The lowest BCUT2D eigenvalue weighted by molar-refractivity contribution is 0.118. The minimum Gasteiger partial charge on any atom is -0.388 e. The zero-order valence-corrected chi connectivity index (χ0v) is 11.1. The maximum Gasteiger partial charge on any atom is 0.229 e. The molecule has 2 aliphatic rings. The Balaban J connectivity index is 1.83. The van der Waals surface area contributed by atoms with Gasteiger partial charge in [0.2, 0.25) is 5.95 Å². The lowest BCUT2D eigenvalue weighted by Gasteiger charge is -2.28. The van der Waals surface area contributed by atoms with Crippen molar-refractivity contribution in [3.05, 3.63) is 6.07 Å². The average molecular weight is 283 g/mol. The Morgan fingerprint density at radius 3 is 2.65 bits per heavy atom. The molecule has 3 heterocycles. The molecule has 0 unspecified atom stereocenters. The SMILES string of the molecule is Nc1cc(N2C[C@@H](O)[C@H](F)C2)nc(N2CCOCC2)n1. The van der Waals surface area contributed by atoms with Crippen molar-refractivity contribution in [1.29, 1.82) is 0 Å². The first-order valence-corrected chi connectivity index (χ1v) is 6.68.